The molecule has 1 saturated heterocycles. The van der Waals surface area contributed by atoms with Gasteiger partial charge in [0, 0.05) is 32.8 Å². The first-order chi connectivity index (χ1) is 9.60. The third-order valence-electron chi connectivity index (χ3n) is 3.62. The van der Waals surface area contributed by atoms with E-state index in [1.54, 1.807) is 25.3 Å². The summed E-state index contributed by atoms with van der Waals surface area (Å²) < 4.78 is 5.06. The molecule has 5 nitrogen and oxygen atoms in total. The number of nitrogens with one attached hydrogen (secondary N) is 1. The first kappa shape index (κ1) is 14.8. The van der Waals surface area contributed by atoms with Gasteiger partial charge in [-0.15, -0.1) is 0 Å². The van der Waals surface area contributed by atoms with E-state index in [1.165, 1.54) is 0 Å². The van der Waals surface area contributed by atoms with Gasteiger partial charge in [-0.2, -0.15) is 0 Å². The molecule has 1 atom stereocenters. The van der Waals surface area contributed by atoms with Gasteiger partial charge in [0.05, 0.1) is 12.2 Å². The minimum Gasteiger partial charge on any atom is -0.507 e. The van der Waals surface area contributed by atoms with Gasteiger partial charge in [-0.05, 0) is 25.5 Å². The molecule has 2 rings (SSSR count). The molecule has 1 heterocycles. The topological polar surface area (TPSA) is 61.8 Å². The monoisotopic (exact) mass is 278 g/mol. The molecule has 0 saturated carbocycles. The van der Waals surface area contributed by atoms with Gasteiger partial charge in [-0.1, -0.05) is 11.6 Å². The molecular weight excluding hydrogens is 256 g/mol. The summed E-state index contributed by atoms with van der Waals surface area (Å²) >= 11 is 0. The van der Waals surface area contributed by atoms with Crippen molar-refractivity contribution in [2.24, 2.45) is 0 Å². The van der Waals surface area contributed by atoms with Crippen LogP contribution in [0.2, 0.25) is 0 Å². The second-order valence-corrected chi connectivity index (χ2v) is 5.27. The first-order valence-electron chi connectivity index (χ1n) is 6.92. The van der Waals surface area contributed by atoms with E-state index in [-0.39, 0.29) is 17.7 Å². The number of phenols is 1. The highest BCUT2D eigenvalue weighted by Gasteiger charge is 2.24. The van der Waals surface area contributed by atoms with Gasteiger partial charge in [0.2, 0.25) is 0 Å². The Morgan fingerprint density at radius 3 is 3.10 bits per heavy atom. The number of carbonyl (C=O) groups is 1. The lowest BCUT2D eigenvalue weighted by Crippen LogP contribution is -2.37. The zero-order chi connectivity index (χ0) is 14.5. The van der Waals surface area contributed by atoms with Crippen molar-refractivity contribution in [1.29, 1.82) is 0 Å². The molecule has 2 N–H and O–H groups in total. The van der Waals surface area contributed by atoms with Gasteiger partial charge >= 0.3 is 0 Å². The van der Waals surface area contributed by atoms with Crippen LogP contribution in [0.3, 0.4) is 0 Å². The molecule has 0 spiro atoms. The van der Waals surface area contributed by atoms with E-state index in [1.807, 2.05) is 6.92 Å². The van der Waals surface area contributed by atoms with Crippen LogP contribution in [-0.4, -0.2) is 55.3 Å². The van der Waals surface area contributed by atoms with E-state index in [0.29, 0.717) is 12.2 Å². The summed E-state index contributed by atoms with van der Waals surface area (Å²) in [6, 6.07) is 5.19. The largest absolute Gasteiger partial charge is 0.507 e. The molecule has 1 aromatic carbocycles. The van der Waals surface area contributed by atoms with E-state index in [0.717, 1.165) is 31.6 Å². The molecule has 0 radical (unpaired) electrons. The fourth-order valence-corrected chi connectivity index (χ4v) is 2.47. The Bertz CT molecular complexity index is 476. The lowest BCUT2D eigenvalue weighted by atomic mass is 10.1. The number of aromatic hydroxyl groups is 1. The number of hydrogen-bond acceptors (Lipinski definition) is 4. The van der Waals surface area contributed by atoms with Crippen molar-refractivity contribution in [3.63, 3.8) is 0 Å². The molecule has 1 aromatic rings. The maximum atomic E-state index is 12.2. The lowest BCUT2D eigenvalue weighted by Gasteiger charge is -2.16. The number of methoxy groups -OCH3 is 1. The maximum absolute atomic E-state index is 12.2. The Morgan fingerprint density at radius 1 is 1.55 bits per heavy atom. The van der Waals surface area contributed by atoms with Crippen LogP contribution in [-0.2, 0) is 4.74 Å². The second kappa shape index (κ2) is 6.72. The highest BCUT2D eigenvalue weighted by Crippen LogP contribution is 2.19. The molecular formula is C15H22N2O3. The highest BCUT2D eigenvalue weighted by molar-refractivity contribution is 5.97. The van der Waals surface area contributed by atoms with Crippen molar-refractivity contribution >= 4 is 5.91 Å². The minimum absolute atomic E-state index is 0.0299. The summed E-state index contributed by atoms with van der Waals surface area (Å²) in [6.45, 7) is 5.30. The van der Waals surface area contributed by atoms with Crippen LogP contribution in [0.5, 0.6) is 5.75 Å². The smallest absolute Gasteiger partial charge is 0.255 e. The van der Waals surface area contributed by atoms with Crippen molar-refractivity contribution in [3.8, 4) is 5.75 Å². The average Bonchev–Trinajstić information content (AvgIpc) is 2.86. The predicted molar refractivity (Wildman–Crippen MR) is 77.0 cm³/mol. The fraction of sp³-hybridized carbons (Fsp3) is 0.533. The number of ether oxygens (including phenoxy) is 1. The summed E-state index contributed by atoms with van der Waals surface area (Å²) in [6.07, 6.45) is 0.933. The number of nitrogens with zero attached hydrogens (tertiary/aromatic N) is 1. The third-order valence-corrected chi connectivity index (χ3v) is 3.62. The molecule has 1 fully saturated rings. The van der Waals surface area contributed by atoms with Gasteiger partial charge in [0.1, 0.15) is 5.75 Å². The molecule has 0 bridgehead atoms. The van der Waals surface area contributed by atoms with Crippen LogP contribution in [0, 0.1) is 6.92 Å². The number of likely N-dealkylation sites (tertiary alicyclic amines) is 1. The van der Waals surface area contributed by atoms with Crippen molar-refractivity contribution in [1.82, 2.24) is 10.2 Å². The third kappa shape index (κ3) is 3.71. The van der Waals surface area contributed by atoms with E-state index < -0.39 is 0 Å². The number of benzene rings is 1. The van der Waals surface area contributed by atoms with Crippen molar-refractivity contribution in [3.05, 3.63) is 29.3 Å². The van der Waals surface area contributed by atoms with Crippen LogP contribution in [0.15, 0.2) is 18.2 Å². The number of rotatable bonds is 5. The summed E-state index contributed by atoms with van der Waals surface area (Å²) in [5.41, 5.74) is 1.31. The Labute approximate surface area is 119 Å². The Hall–Kier alpha value is -1.59. The van der Waals surface area contributed by atoms with Gasteiger partial charge in [0.25, 0.3) is 5.91 Å². The van der Waals surface area contributed by atoms with Crippen LogP contribution in [0.25, 0.3) is 0 Å². The first-order valence-corrected chi connectivity index (χ1v) is 6.92. The molecule has 0 unspecified atom stereocenters. The normalized spacial score (nSPS) is 19.2. The van der Waals surface area contributed by atoms with Crippen molar-refractivity contribution in [2.75, 3.05) is 33.4 Å². The summed E-state index contributed by atoms with van der Waals surface area (Å²) in [5, 5.41) is 12.7. The van der Waals surface area contributed by atoms with E-state index in [4.69, 9.17) is 4.74 Å². The van der Waals surface area contributed by atoms with Crippen molar-refractivity contribution in [2.45, 2.75) is 19.4 Å². The standard InChI is InChI=1S/C15H22N2O3/c1-11-3-4-14(18)13(9-11)15(19)16-12-5-6-17(10-12)7-8-20-2/h3-4,9,12,18H,5-8,10H2,1-2H3,(H,16,19)/t12-/m1/s1. The quantitative estimate of drug-likeness (QED) is 0.848. The number of hydrogen-bond donors (Lipinski definition) is 2. The molecule has 20 heavy (non-hydrogen) atoms. The Morgan fingerprint density at radius 2 is 2.35 bits per heavy atom. The SMILES string of the molecule is COCCN1CC[C@@H](NC(=O)c2cc(C)ccc2O)C1. The van der Waals surface area contributed by atoms with E-state index in [9.17, 15) is 9.90 Å². The molecule has 5 heteroatoms. The Balaban J connectivity index is 1.91. The van der Waals surface area contributed by atoms with E-state index >= 15 is 0 Å². The van der Waals surface area contributed by atoms with Crippen molar-refractivity contribution < 1.29 is 14.6 Å². The fourth-order valence-electron chi connectivity index (χ4n) is 2.47. The minimum atomic E-state index is -0.204. The van der Waals surface area contributed by atoms with Crippen LogP contribution < -0.4 is 5.32 Å². The molecule has 0 aromatic heterocycles. The summed E-state index contributed by atoms with van der Waals surface area (Å²) in [5.74, 6) is -0.174. The highest BCUT2D eigenvalue weighted by atomic mass is 16.5. The van der Waals surface area contributed by atoms with Gasteiger partial charge < -0.3 is 15.2 Å². The van der Waals surface area contributed by atoms with Gasteiger partial charge in [-0.3, -0.25) is 9.69 Å². The van der Waals surface area contributed by atoms with Crippen LogP contribution in [0.4, 0.5) is 0 Å². The second-order valence-electron chi connectivity index (χ2n) is 5.27. The molecule has 1 aliphatic heterocycles. The van der Waals surface area contributed by atoms with Gasteiger partial charge in [-0.25, -0.2) is 0 Å². The van der Waals surface area contributed by atoms with Crippen LogP contribution in [0.1, 0.15) is 22.3 Å². The summed E-state index contributed by atoms with van der Waals surface area (Å²) in [4.78, 5) is 14.4. The van der Waals surface area contributed by atoms with Gasteiger partial charge in [0.15, 0.2) is 0 Å². The maximum Gasteiger partial charge on any atom is 0.255 e. The summed E-state index contributed by atoms with van der Waals surface area (Å²) in [7, 11) is 1.69. The zero-order valence-electron chi connectivity index (χ0n) is 12.1. The molecule has 1 amide bonds. The zero-order valence-corrected chi connectivity index (χ0v) is 12.1. The average molecular weight is 278 g/mol. The number of aryl methyl sites for hydroxylation is 1. The molecule has 110 valence electrons. The molecule has 0 aliphatic carbocycles. The Kier molecular flexibility index (Phi) is 4.98. The number of phenolic OH excluding ortho intramolecular Hbond substituents is 1. The lowest BCUT2D eigenvalue weighted by molar-refractivity contribution is 0.0933. The predicted octanol–water partition coefficient (Wildman–Crippen LogP) is 1.15. The van der Waals surface area contributed by atoms with E-state index in [2.05, 4.69) is 10.2 Å². The molecule has 1 aliphatic rings. The number of amides is 1. The number of carbonyl (C=O) groups excluding carboxylic acids is 1. The van der Waals surface area contributed by atoms with Crippen LogP contribution >= 0.6 is 0 Å².